The lowest BCUT2D eigenvalue weighted by molar-refractivity contribution is 0.0374. The Bertz CT molecular complexity index is 624. The third-order valence-electron chi connectivity index (χ3n) is 4.22. The Morgan fingerprint density at radius 3 is 2.84 bits per heavy atom. The van der Waals surface area contributed by atoms with Crippen molar-refractivity contribution in [3.63, 3.8) is 0 Å². The van der Waals surface area contributed by atoms with E-state index in [4.69, 9.17) is 9.47 Å². The highest BCUT2D eigenvalue weighted by Crippen LogP contribution is 2.16. The van der Waals surface area contributed by atoms with Gasteiger partial charge in [-0.05, 0) is 38.6 Å². The highest BCUT2D eigenvalue weighted by atomic mass is 32.1. The molecule has 0 saturated carbocycles. The summed E-state index contributed by atoms with van der Waals surface area (Å²) < 4.78 is 11.1. The number of morpholine rings is 1. The molecule has 3 rings (SSSR count). The Morgan fingerprint density at radius 2 is 2.04 bits per heavy atom. The highest BCUT2D eigenvalue weighted by molar-refractivity contribution is 7.09. The molecule has 0 aliphatic carbocycles. The second-order valence-electron chi connectivity index (χ2n) is 6.32. The normalized spacial score (nSPS) is 15.4. The topological polar surface area (TPSA) is 46.6 Å². The van der Waals surface area contributed by atoms with Crippen LogP contribution in [0.4, 0.5) is 0 Å². The van der Waals surface area contributed by atoms with E-state index in [0.29, 0.717) is 6.61 Å². The number of thiazole rings is 1. The van der Waals surface area contributed by atoms with Crippen molar-refractivity contribution in [1.82, 2.24) is 15.2 Å². The minimum atomic E-state index is 0.532. The molecule has 1 aliphatic heterocycles. The lowest BCUT2D eigenvalue weighted by Crippen LogP contribution is -2.37. The minimum Gasteiger partial charge on any atom is -0.486 e. The minimum absolute atomic E-state index is 0.532. The van der Waals surface area contributed by atoms with Gasteiger partial charge < -0.3 is 14.8 Å². The van der Waals surface area contributed by atoms with Crippen LogP contribution in [0, 0.1) is 6.92 Å². The fourth-order valence-corrected chi connectivity index (χ4v) is 3.45. The molecule has 0 atom stereocenters. The molecule has 5 nitrogen and oxygen atoms in total. The van der Waals surface area contributed by atoms with Gasteiger partial charge in [-0.15, -0.1) is 11.3 Å². The lowest BCUT2D eigenvalue weighted by Gasteiger charge is -2.26. The van der Waals surface area contributed by atoms with E-state index in [0.717, 1.165) is 68.8 Å². The summed E-state index contributed by atoms with van der Waals surface area (Å²) in [5.74, 6) is 0.892. The molecule has 1 aromatic carbocycles. The SMILES string of the molecule is Cc1ccc(OCc2nc(CNCCCN3CCOCC3)cs2)cc1. The highest BCUT2D eigenvalue weighted by Gasteiger charge is 2.09. The summed E-state index contributed by atoms with van der Waals surface area (Å²) in [7, 11) is 0. The van der Waals surface area contributed by atoms with Crippen molar-refractivity contribution in [2.75, 3.05) is 39.4 Å². The van der Waals surface area contributed by atoms with Gasteiger partial charge in [0.2, 0.25) is 0 Å². The summed E-state index contributed by atoms with van der Waals surface area (Å²) >= 11 is 1.66. The maximum absolute atomic E-state index is 5.78. The number of hydrogen-bond acceptors (Lipinski definition) is 6. The zero-order chi connectivity index (χ0) is 17.3. The molecule has 136 valence electrons. The molecular weight excluding hydrogens is 334 g/mol. The van der Waals surface area contributed by atoms with E-state index >= 15 is 0 Å². The van der Waals surface area contributed by atoms with E-state index in [2.05, 4.69) is 39.6 Å². The van der Waals surface area contributed by atoms with Crippen LogP contribution in [-0.2, 0) is 17.9 Å². The first-order chi connectivity index (χ1) is 12.3. The molecule has 1 aliphatic rings. The largest absolute Gasteiger partial charge is 0.486 e. The Hall–Kier alpha value is -1.47. The summed E-state index contributed by atoms with van der Waals surface area (Å²) in [5.41, 5.74) is 2.34. The second kappa shape index (κ2) is 9.87. The van der Waals surface area contributed by atoms with Gasteiger partial charge in [0, 0.05) is 25.0 Å². The van der Waals surface area contributed by atoms with Gasteiger partial charge in [0.15, 0.2) is 0 Å². The summed E-state index contributed by atoms with van der Waals surface area (Å²) in [6, 6.07) is 8.12. The molecule has 0 radical (unpaired) electrons. The summed E-state index contributed by atoms with van der Waals surface area (Å²) in [5, 5.41) is 6.61. The molecular formula is C19H27N3O2S. The number of nitrogens with zero attached hydrogens (tertiary/aromatic N) is 2. The quantitative estimate of drug-likeness (QED) is 0.696. The van der Waals surface area contributed by atoms with E-state index in [-0.39, 0.29) is 0 Å². The molecule has 0 bridgehead atoms. The van der Waals surface area contributed by atoms with Crippen LogP contribution in [0.3, 0.4) is 0 Å². The van der Waals surface area contributed by atoms with E-state index < -0.39 is 0 Å². The van der Waals surface area contributed by atoms with Crippen LogP contribution in [0.15, 0.2) is 29.6 Å². The van der Waals surface area contributed by atoms with Gasteiger partial charge in [0.25, 0.3) is 0 Å². The van der Waals surface area contributed by atoms with Crippen molar-refractivity contribution in [1.29, 1.82) is 0 Å². The summed E-state index contributed by atoms with van der Waals surface area (Å²) in [6.45, 7) is 9.47. The number of aryl methyl sites for hydroxylation is 1. The fourth-order valence-electron chi connectivity index (χ4n) is 2.74. The zero-order valence-electron chi connectivity index (χ0n) is 14.9. The molecule has 0 spiro atoms. The van der Waals surface area contributed by atoms with Crippen molar-refractivity contribution in [2.45, 2.75) is 26.5 Å². The van der Waals surface area contributed by atoms with Crippen molar-refractivity contribution in [3.8, 4) is 5.75 Å². The van der Waals surface area contributed by atoms with Crippen molar-refractivity contribution >= 4 is 11.3 Å². The lowest BCUT2D eigenvalue weighted by atomic mass is 10.2. The van der Waals surface area contributed by atoms with E-state index in [1.165, 1.54) is 5.56 Å². The number of rotatable bonds is 9. The molecule has 25 heavy (non-hydrogen) atoms. The van der Waals surface area contributed by atoms with Gasteiger partial charge in [-0.2, -0.15) is 0 Å². The Balaban J connectivity index is 1.30. The Kier molecular flexibility index (Phi) is 7.23. The number of hydrogen-bond donors (Lipinski definition) is 1. The molecule has 2 heterocycles. The van der Waals surface area contributed by atoms with Crippen LogP contribution < -0.4 is 10.1 Å². The van der Waals surface area contributed by atoms with Crippen LogP contribution in [0.5, 0.6) is 5.75 Å². The van der Waals surface area contributed by atoms with E-state index in [1.807, 2.05) is 12.1 Å². The van der Waals surface area contributed by atoms with Gasteiger partial charge in [-0.1, -0.05) is 17.7 Å². The smallest absolute Gasteiger partial charge is 0.140 e. The number of ether oxygens (including phenoxy) is 2. The summed E-state index contributed by atoms with van der Waals surface area (Å²) in [6.07, 6.45) is 1.16. The van der Waals surface area contributed by atoms with Crippen LogP contribution in [0.25, 0.3) is 0 Å². The van der Waals surface area contributed by atoms with Crippen LogP contribution in [-0.4, -0.2) is 49.3 Å². The number of nitrogens with one attached hydrogen (secondary N) is 1. The van der Waals surface area contributed by atoms with Crippen molar-refractivity contribution in [2.24, 2.45) is 0 Å². The standard InChI is InChI=1S/C19H27N3O2S/c1-16-3-5-18(6-4-16)24-14-19-21-17(15-25-19)13-20-7-2-8-22-9-11-23-12-10-22/h3-6,15,20H,2,7-14H2,1H3. The molecule has 1 aromatic heterocycles. The number of benzene rings is 1. The molecule has 6 heteroatoms. The van der Waals surface area contributed by atoms with Crippen molar-refractivity contribution in [3.05, 3.63) is 45.9 Å². The zero-order valence-corrected chi connectivity index (χ0v) is 15.7. The van der Waals surface area contributed by atoms with Crippen molar-refractivity contribution < 1.29 is 9.47 Å². The monoisotopic (exact) mass is 361 g/mol. The predicted molar refractivity (Wildman–Crippen MR) is 101 cm³/mol. The first-order valence-corrected chi connectivity index (χ1v) is 9.81. The molecule has 1 saturated heterocycles. The van der Waals surface area contributed by atoms with E-state index in [9.17, 15) is 0 Å². The maximum Gasteiger partial charge on any atom is 0.140 e. The third kappa shape index (κ3) is 6.40. The van der Waals surface area contributed by atoms with Crippen LogP contribution in [0.2, 0.25) is 0 Å². The molecule has 0 amide bonds. The maximum atomic E-state index is 5.78. The summed E-state index contributed by atoms with van der Waals surface area (Å²) in [4.78, 5) is 7.10. The fraction of sp³-hybridized carbons (Fsp3) is 0.526. The molecule has 2 aromatic rings. The average molecular weight is 362 g/mol. The third-order valence-corrected chi connectivity index (χ3v) is 5.09. The first kappa shape index (κ1) is 18.3. The van der Waals surface area contributed by atoms with Gasteiger partial charge >= 0.3 is 0 Å². The van der Waals surface area contributed by atoms with Gasteiger partial charge in [0.05, 0.1) is 18.9 Å². The second-order valence-corrected chi connectivity index (χ2v) is 7.26. The first-order valence-electron chi connectivity index (χ1n) is 8.93. The predicted octanol–water partition coefficient (Wildman–Crippen LogP) is 2.84. The van der Waals surface area contributed by atoms with Crippen LogP contribution >= 0.6 is 11.3 Å². The Labute approximate surface area is 154 Å². The van der Waals surface area contributed by atoms with Crippen LogP contribution in [0.1, 0.15) is 22.7 Å². The average Bonchev–Trinajstić information content (AvgIpc) is 3.10. The van der Waals surface area contributed by atoms with Gasteiger partial charge in [-0.25, -0.2) is 4.98 Å². The number of aromatic nitrogens is 1. The molecule has 1 fully saturated rings. The van der Waals surface area contributed by atoms with Gasteiger partial charge in [0.1, 0.15) is 17.4 Å². The Morgan fingerprint density at radius 1 is 1.24 bits per heavy atom. The molecule has 1 N–H and O–H groups in total. The van der Waals surface area contributed by atoms with E-state index in [1.54, 1.807) is 11.3 Å². The molecule has 0 unspecified atom stereocenters. The van der Waals surface area contributed by atoms with Gasteiger partial charge in [-0.3, -0.25) is 4.90 Å².